The number of hydrogen-bond donors (Lipinski definition) is 0. The molecule has 26 heavy (non-hydrogen) atoms. The molecule has 3 aromatic rings. The average molecular weight is 394 g/mol. The highest BCUT2D eigenvalue weighted by atomic mass is 35.5. The SMILES string of the molecule is C[C@H](Sc1nnc(-c2ccc(Cl)cc2)n1C)C(=O)c1ccc(F)c(F)c1. The predicted octanol–water partition coefficient (Wildman–Crippen LogP) is 4.78. The first-order valence-electron chi connectivity index (χ1n) is 7.68. The maximum Gasteiger partial charge on any atom is 0.191 e. The first kappa shape index (κ1) is 18.5. The molecule has 0 N–H and O–H groups in total. The van der Waals surface area contributed by atoms with Crippen LogP contribution in [0.5, 0.6) is 0 Å². The number of aromatic nitrogens is 3. The van der Waals surface area contributed by atoms with Crippen LogP contribution in [0.2, 0.25) is 5.02 Å². The Balaban J connectivity index is 1.79. The van der Waals surface area contributed by atoms with Gasteiger partial charge >= 0.3 is 0 Å². The molecule has 0 aliphatic heterocycles. The van der Waals surface area contributed by atoms with Crippen molar-refractivity contribution in [3.8, 4) is 11.4 Å². The summed E-state index contributed by atoms with van der Waals surface area (Å²) in [6.07, 6.45) is 0. The monoisotopic (exact) mass is 393 g/mol. The van der Waals surface area contributed by atoms with Crippen LogP contribution in [0.25, 0.3) is 11.4 Å². The lowest BCUT2D eigenvalue weighted by Crippen LogP contribution is -2.15. The van der Waals surface area contributed by atoms with Gasteiger partial charge in [-0.1, -0.05) is 23.4 Å². The zero-order valence-electron chi connectivity index (χ0n) is 13.9. The van der Waals surface area contributed by atoms with E-state index >= 15 is 0 Å². The van der Waals surface area contributed by atoms with Crippen molar-refractivity contribution in [3.63, 3.8) is 0 Å². The first-order valence-corrected chi connectivity index (χ1v) is 8.94. The lowest BCUT2D eigenvalue weighted by Gasteiger charge is -2.10. The summed E-state index contributed by atoms with van der Waals surface area (Å²) in [6.45, 7) is 1.69. The number of ketones is 1. The van der Waals surface area contributed by atoms with E-state index in [0.29, 0.717) is 16.0 Å². The summed E-state index contributed by atoms with van der Waals surface area (Å²) in [5, 5.41) is 8.89. The van der Waals surface area contributed by atoms with Crippen molar-refractivity contribution in [3.05, 3.63) is 64.7 Å². The molecule has 0 bridgehead atoms. The highest BCUT2D eigenvalue weighted by Gasteiger charge is 2.21. The summed E-state index contributed by atoms with van der Waals surface area (Å²) in [5.41, 5.74) is 0.958. The van der Waals surface area contributed by atoms with Crippen molar-refractivity contribution in [1.82, 2.24) is 14.8 Å². The molecular formula is C18H14ClF2N3OS. The second-order valence-corrected chi connectivity index (χ2v) is 7.37. The molecule has 0 spiro atoms. The van der Waals surface area contributed by atoms with Crippen molar-refractivity contribution in [2.75, 3.05) is 0 Å². The molecule has 0 aliphatic rings. The summed E-state index contributed by atoms with van der Waals surface area (Å²) in [5.74, 6) is -1.71. The van der Waals surface area contributed by atoms with Gasteiger partial charge in [-0.3, -0.25) is 4.79 Å². The van der Waals surface area contributed by atoms with Crippen LogP contribution in [0.3, 0.4) is 0 Å². The molecule has 3 rings (SSSR count). The van der Waals surface area contributed by atoms with Crippen LogP contribution in [-0.4, -0.2) is 25.8 Å². The van der Waals surface area contributed by atoms with Crippen LogP contribution in [0, 0.1) is 11.6 Å². The molecule has 0 saturated carbocycles. The van der Waals surface area contributed by atoms with Crippen molar-refractivity contribution in [2.45, 2.75) is 17.3 Å². The number of carbonyl (C=O) groups excluding carboxylic acids is 1. The second-order valence-electron chi connectivity index (χ2n) is 5.63. The highest BCUT2D eigenvalue weighted by Crippen LogP contribution is 2.28. The molecule has 0 aliphatic carbocycles. The van der Waals surface area contributed by atoms with Crippen LogP contribution in [-0.2, 0) is 7.05 Å². The van der Waals surface area contributed by atoms with Gasteiger partial charge in [-0.2, -0.15) is 0 Å². The molecule has 8 heteroatoms. The molecule has 1 heterocycles. The number of nitrogens with zero attached hydrogens (tertiary/aromatic N) is 3. The molecule has 0 fully saturated rings. The van der Waals surface area contributed by atoms with E-state index in [0.717, 1.165) is 17.7 Å². The summed E-state index contributed by atoms with van der Waals surface area (Å²) in [4.78, 5) is 12.5. The van der Waals surface area contributed by atoms with Gasteiger partial charge in [0.05, 0.1) is 5.25 Å². The van der Waals surface area contributed by atoms with Crippen LogP contribution < -0.4 is 0 Å². The zero-order valence-corrected chi connectivity index (χ0v) is 15.5. The Kier molecular flexibility index (Phi) is 5.38. The molecule has 0 unspecified atom stereocenters. The maximum atomic E-state index is 13.3. The minimum absolute atomic E-state index is 0.115. The molecule has 1 aromatic heterocycles. The van der Waals surface area contributed by atoms with Gasteiger partial charge in [-0.25, -0.2) is 8.78 Å². The Morgan fingerprint density at radius 1 is 1.12 bits per heavy atom. The fraction of sp³-hybridized carbons (Fsp3) is 0.167. The predicted molar refractivity (Wildman–Crippen MR) is 97.5 cm³/mol. The molecular weight excluding hydrogens is 380 g/mol. The van der Waals surface area contributed by atoms with Crippen molar-refractivity contribution in [1.29, 1.82) is 0 Å². The molecule has 0 radical (unpaired) electrons. The van der Waals surface area contributed by atoms with Crippen molar-refractivity contribution >= 4 is 29.1 Å². The number of rotatable bonds is 5. The van der Waals surface area contributed by atoms with Crippen LogP contribution in [0.4, 0.5) is 8.78 Å². The largest absolute Gasteiger partial charge is 0.305 e. The van der Waals surface area contributed by atoms with Gasteiger partial charge in [0, 0.05) is 23.2 Å². The van der Waals surface area contributed by atoms with E-state index in [4.69, 9.17) is 11.6 Å². The van der Waals surface area contributed by atoms with Gasteiger partial charge in [0.15, 0.2) is 28.4 Å². The lowest BCUT2D eigenvalue weighted by atomic mass is 10.1. The van der Waals surface area contributed by atoms with E-state index in [1.165, 1.54) is 17.8 Å². The van der Waals surface area contributed by atoms with Crippen molar-refractivity contribution < 1.29 is 13.6 Å². The third-order valence-electron chi connectivity index (χ3n) is 3.79. The number of halogens is 3. The number of carbonyl (C=O) groups is 1. The second kappa shape index (κ2) is 7.55. The fourth-order valence-electron chi connectivity index (χ4n) is 2.36. The Hall–Kier alpha value is -2.25. The summed E-state index contributed by atoms with van der Waals surface area (Å²) in [6, 6.07) is 10.3. The normalized spacial score (nSPS) is 12.2. The number of hydrogen-bond acceptors (Lipinski definition) is 4. The average Bonchev–Trinajstić information content (AvgIpc) is 2.98. The van der Waals surface area contributed by atoms with E-state index in [2.05, 4.69) is 10.2 Å². The number of benzene rings is 2. The highest BCUT2D eigenvalue weighted by molar-refractivity contribution is 8.00. The van der Waals surface area contributed by atoms with Crippen LogP contribution >= 0.6 is 23.4 Å². The summed E-state index contributed by atoms with van der Waals surface area (Å²) < 4.78 is 28.1. The summed E-state index contributed by atoms with van der Waals surface area (Å²) >= 11 is 7.09. The van der Waals surface area contributed by atoms with E-state index < -0.39 is 16.9 Å². The third-order valence-corrected chi connectivity index (χ3v) is 5.18. The lowest BCUT2D eigenvalue weighted by molar-refractivity contribution is 0.0993. The maximum absolute atomic E-state index is 13.3. The smallest absolute Gasteiger partial charge is 0.191 e. The Bertz CT molecular complexity index is 960. The Labute approximate surface area is 158 Å². The van der Waals surface area contributed by atoms with E-state index in [1.54, 1.807) is 30.7 Å². The quantitative estimate of drug-likeness (QED) is 0.462. The van der Waals surface area contributed by atoms with E-state index in [-0.39, 0.29) is 11.3 Å². The van der Waals surface area contributed by atoms with E-state index in [1.807, 2.05) is 12.1 Å². The topological polar surface area (TPSA) is 47.8 Å². The molecule has 2 aromatic carbocycles. The molecule has 4 nitrogen and oxygen atoms in total. The molecule has 0 saturated heterocycles. The number of thioether (sulfide) groups is 1. The fourth-order valence-corrected chi connectivity index (χ4v) is 3.38. The van der Waals surface area contributed by atoms with Gasteiger partial charge in [0.25, 0.3) is 0 Å². The van der Waals surface area contributed by atoms with Crippen LogP contribution in [0.1, 0.15) is 17.3 Å². The first-order chi connectivity index (χ1) is 12.4. The minimum Gasteiger partial charge on any atom is -0.305 e. The van der Waals surface area contributed by atoms with Gasteiger partial charge in [0.2, 0.25) is 0 Å². The van der Waals surface area contributed by atoms with E-state index in [9.17, 15) is 13.6 Å². The molecule has 0 amide bonds. The molecule has 1 atom stereocenters. The van der Waals surface area contributed by atoms with Crippen molar-refractivity contribution in [2.24, 2.45) is 7.05 Å². The zero-order chi connectivity index (χ0) is 18.8. The third kappa shape index (κ3) is 3.78. The van der Waals surface area contributed by atoms with Gasteiger partial charge in [0.1, 0.15) is 0 Å². The Morgan fingerprint density at radius 2 is 1.81 bits per heavy atom. The Morgan fingerprint density at radius 3 is 2.46 bits per heavy atom. The minimum atomic E-state index is -1.04. The molecule has 134 valence electrons. The van der Waals surface area contributed by atoms with Gasteiger partial charge in [-0.05, 0) is 49.4 Å². The van der Waals surface area contributed by atoms with Gasteiger partial charge in [-0.15, -0.1) is 10.2 Å². The van der Waals surface area contributed by atoms with Crippen LogP contribution in [0.15, 0.2) is 47.6 Å². The van der Waals surface area contributed by atoms with Gasteiger partial charge < -0.3 is 4.57 Å². The standard InChI is InChI=1S/C18H14ClF2N3OS/c1-10(16(25)12-5-8-14(20)15(21)9-12)26-18-23-22-17(24(18)2)11-3-6-13(19)7-4-11/h3-10H,1-2H3/t10-/m0/s1. The number of Topliss-reactive ketones (excluding diaryl/α,β-unsaturated/α-hetero) is 1. The summed E-state index contributed by atoms with van der Waals surface area (Å²) in [7, 11) is 1.79.